The van der Waals surface area contributed by atoms with E-state index < -0.39 is 4.92 Å². The average molecular weight is 490 g/mol. The third-order valence-corrected chi connectivity index (χ3v) is 5.11. The number of nitriles is 2. The molecule has 0 atom stereocenters. The molecule has 0 unspecified atom stereocenters. The van der Waals surface area contributed by atoms with Gasteiger partial charge in [-0.15, -0.1) is 0 Å². The van der Waals surface area contributed by atoms with Crippen molar-refractivity contribution in [2.75, 3.05) is 7.11 Å². The van der Waals surface area contributed by atoms with Crippen LogP contribution in [-0.2, 0) is 6.61 Å². The van der Waals surface area contributed by atoms with E-state index in [4.69, 9.17) is 14.7 Å². The lowest BCUT2D eigenvalue weighted by atomic mass is 10.0. The molecule has 0 amide bonds. The molecule has 0 aliphatic heterocycles. The van der Waals surface area contributed by atoms with Crippen molar-refractivity contribution < 1.29 is 14.4 Å². The Bertz CT molecular complexity index is 1270. The van der Waals surface area contributed by atoms with Gasteiger partial charge < -0.3 is 9.47 Å². The predicted octanol–water partition coefficient (Wildman–Crippen LogP) is 5.88. The third-order valence-electron chi connectivity index (χ3n) is 4.52. The molecule has 0 aliphatic carbocycles. The lowest BCUT2D eigenvalue weighted by Gasteiger charge is -2.14. The number of hydrogen-bond acceptors (Lipinski definition) is 6. The van der Waals surface area contributed by atoms with Crippen LogP contribution >= 0.6 is 15.9 Å². The zero-order chi connectivity index (χ0) is 23.1. The molecule has 0 aromatic heterocycles. The summed E-state index contributed by atoms with van der Waals surface area (Å²) in [6.07, 6.45) is 1.70. The minimum absolute atomic E-state index is 0.0113. The summed E-state index contributed by atoms with van der Waals surface area (Å²) >= 11 is 3.48. The second-order valence-electron chi connectivity index (χ2n) is 6.61. The highest BCUT2D eigenvalue weighted by molar-refractivity contribution is 9.10. The number of ether oxygens (including phenoxy) is 2. The van der Waals surface area contributed by atoms with Gasteiger partial charge in [0, 0.05) is 12.1 Å². The van der Waals surface area contributed by atoms with Crippen LogP contribution in [0.4, 0.5) is 5.69 Å². The Kier molecular flexibility index (Phi) is 7.22. The fourth-order valence-electron chi connectivity index (χ4n) is 2.94. The molecular formula is C24H16BrN3O4. The molecule has 0 aliphatic rings. The van der Waals surface area contributed by atoms with Gasteiger partial charge in [0.1, 0.15) is 6.61 Å². The standard InChI is InChI=1S/C24H16BrN3O4/c1-31-23-12-18(10-20(14-27)19-4-2-3-17(9-19)13-26)11-22(25)24(23)32-15-16-5-7-21(8-6-16)28(29)30/h2-12H,15H2,1H3/b20-10-. The number of rotatable bonds is 7. The highest BCUT2D eigenvalue weighted by atomic mass is 79.9. The monoisotopic (exact) mass is 489 g/mol. The Morgan fingerprint density at radius 1 is 1.16 bits per heavy atom. The van der Waals surface area contributed by atoms with Crippen LogP contribution < -0.4 is 9.47 Å². The lowest BCUT2D eigenvalue weighted by molar-refractivity contribution is -0.384. The van der Waals surface area contributed by atoms with Crippen LogP contribution in [0.3, 0.4) is 0 Å². The molecule has 0 N–H and O–H groups in total. The third kappa shape index (κ3) is 5.31. The molecule has 3 rings (SSSR count). The largest absolute Gasteiger partial charge is 0.493 e. The van der Waals surface area contributed by atoms with E-state index in [1.165, 1.54) is 19.2 Å². The van der Waals surface area contributed by atoms with Crippen LogP contribution in [0.1, 0.15) is 22.3 Å². The first-order valence-corrected chi connectivity index (χ1v) is 10.1. The summed E-state index contributed by atoms with van der Waals surface area (Å²) < 4.78 is 12.0. The molecule has 158 valence electrons. The van der Waals surface area contributed by atoms with Crippen molar-refractivity contribution in [1.29, 1.82) is 10.5 Å². The summed E-state index contributed by atoms with van der Waals surface area (Å²) in [7, 11) is 1.51. The van der Waals surface area contributed by atoms with E-state index in [2.05, 4.69) is 28.1 Å². The molecule has 7 nitrogen and oxygen atoms in total. The number of benzene rings is 3. The molecule has 0 bridgehead atoms. The van der Waals surface area contributed by atoms with Gasteiger partial charge in [-0.05, 0) is 75.1 Å². The van der Waals surface area contributed by atoms with Gasteiger partial charge in [0.25, 0.3) is 5.69 Å². The van der Waals surface area contributed by atoms with Crippen molar-refractivity contribution >= 4 is 33.3 Å². The quantitative estimate of drug-likeness (QED) is 0.177. The number of allylic oxidation sites excluding steroid dienone is 1. The molecule has 3 aromatic rings. The maximum absolute atomic E-state index is 10.8. The molecule has 32 heavy (non-hydrogen) atoms. The van der Waals surface area contributed by atoms with Gasteiger partial charge in [0.2, 0.25) is 0 Å². The molecule has 0 saturated heterocycles. The average Bonchev–Trinajstić information content (AvgIpc) is 2.81. The van der Waals surface area contributed by atoms with Crippen molar-refractivity contribution in [2.24, 2.45) is 0 Å². The predicted molar refractivity (Wildman–Crippen MR) is 123 cm³/mol. The van der Waals surface area contributed by atoms with Gasteiger partial charge in [-0.2, -0.15) is 10.5 Å². The zero-order valence-electron chi connectivity index (χ0n) is 16.9. The van der Waals surface area contributed by atoms with E-state index in [0.29, 0.717) is 38.2 Å². The van der Waals surface area contributed by atoms with Crippen molar-refractivity contribution in [1.82, 2.24) is 0 Å². The molecular weight excluding hydrogens is 474 g/mol. The second kappa shape index (κ2) is 10.3. The topological polar surface area (TPSA) is 109 Å². The van der Waals surface area contributed by atoms with Crippen LogP contribution in [-0.4, -0.2) is 12.0 Å². The fourth-order valence-corrected chi connectivity index (χ4v) is 3.51. The molecule has 8 heteroatoms. The number of hydrogen-bond donors (Lipinski definition) is 0. The SMILES string of the molecule is COc1cc(/C=C(/C#N)c2cccc(C#N)c2)cc(Br)c1OCc1ccc([N+](=O)[O-])cc1. The van der Waals surface area contributed by atoms with Crippen LogP contribution in [0, 0.1) is 32.8 Å². The van der Waals surface area contributed by atoms with Crippen molar-refractivity contribution in [3.8, 4) is 23.6 Å². The number of nitrogens with zero attached hydrogens (tertiary/aromatic N) is 3. The van der Waals surface area contributed by atoms with Gasteiger partial charge in [-0.25, -0.2) is 0 Å². The Labute approximate surface area is 193 Å². The molecule has 3 aromatic carbocycles. The van der Waals surface area contributed by atoms with Crippen molar-refractivity contribution in [2.45, 2.75) is 6.61 Å². The molecule has 0 heterocycles. The first kappa shape index (κ1) is 22.5. The van der Waals surface area contributed by atoms with Gasteiger partial charge in [-0.3, -0.25) is 10.1 Å². The highest BCUT2D eigenvalue weighted by Crippen LogP contribution is 2.38. The van der Waals surface area contributed by atoms with Crippen LogP contribution in [0.2, 0.25) is 0 Å². The first-order chi connectivity index (χ1) is 15.4. The zero-order valence-corrected chi connectivity index (χ0v) is 18.5. The number of non-ortho nitro benzene ring substituents is 1. The lowest BCUT2D eigenvalue weighted by Crippen LogP contribution is -1.99. The van der Waals surface area contributed by atoms with Gasteiger partial charge >= 0.3 is 0 Å². The summed E-state index contributed by atoms with van der Waals surface area (Å²) in [6.45, 7) is 0.187. The Balaban J connectivity index is 1.87. The maximum Gasteiger partial charge on any atom is 0.269 e. The van der Waals surface area contributed by atoms with Crippen LogP contribution in [0.15, 0.2) is 65.1 Å². The van der Waals surface area contributed by atoms with Crippen LogP contribution in [0.25, 0.3) is 11.6 Å². The van der Waals surface area contributed by atoms with Crippen molar-refractivity contribution in [3.05, 3.63) is 97.5 Å². The molecule has 0 saturated carbocycles. The van der Waals surface area contributed by atoms with E-state index in [0.717, 1.165) is 5.56 Å². The number of halogens is 1. The number of methoxy groups -OCH3 is 1. The fraction of sp³-hybridized carbons (Fsp3) is 0.0833. The summed E-state index contributed by atoms with van der Waals surface area (Å²) in [5.41, 5.74) is 2.98. The van der Waals surface area contributed by atoms with E-state index in [9.17, 15) is 15.4 Å². The Morgan fingerprint density at radius 2 is 1.91 bits per heavy atom. The Hall–Kier alpha value is -4.14. The minimum atomic E-state index is -0.456. The van der Waals surface area contributed by atoms with Gasteiger partial charge in [0.15, 0.2) is 11.5 Å². The smallest absolute Gasteiger partial charge is 0.269 e. The van der Waals surface area contributed by atoms with Crippen molar-refractivity contribution in [3.63, 3.8) is 0 Å². The van der Waals surface area contributed by atoms with E-state index in [1.807, 2.05) is 0 Å². The summed E-state index contributed by atoms with van der Waals surface area (Å²) in [6, 6.07) is 20.7. The summed E-state index contributed by atoms with van der Waals surface area (Å²) in [5, 5.41) is 29.5. The van der Waals surface area contributed by atoms with Gasteiger partial charge in [0.05, 0.1) is 39.8 Å². The second-order valence-corrected chi connectivity index (χ2v) is 7.46. The maximum atomic E-state index is 10.8. The molecule has 0 radical (unpaired) electrons. The summed E-state index contributed by atoms with van der Waals surface area (Å²) in [4.78, 5) is 10.3. The van der Waals surface area contributed by atoms with E-state index in [-0.39, 0.29) is 12.3 Å². The highest BCUT2D eigenvalue weighted by Gasteiger charge is 2.13. The van der Waals surface area contributed by atoms with Gasteiger partial charge in [-0.1, -0.05) is 12.1 Å². The molecule has 0 fully saturated rings. The van der Waals surface area contributed by atoms with Crippen LogP contribution in [0.5, 0.6) is 11.5 Å². The molecule has 0 spiro atoms. The first-order valence-electron chi connectivity index (χ1n) is 9.31. The van der Waals surface area contributed by atoms with E-state index >= 15 is 0 Å². The minimum Gasteiger partial charge on any atom is -0.493 e. The summed E-state index contributed by atoms with van der Waals surface area (Å²) in [5.74, 6) is 0.920. The van der Waals surface area contributed by atoms with E-state index in [1.54, 1.807) is 54.6 Å². The number of nitro groups is 1. The Morgan fingerprint density at radius 3 is 2.53 bits per heavy atom. The normalized spacial score (nSPS) is 10.7. The number of nitro benzene ring substituents is 1.